The number of aliphatic carboxylic acids is 1. The molecule has 0 spiro atoms. The molecule has 1 N–H and O–H groups in total. The largest absolute Gasteiger partial charge is 0.481 e. The summed E-state index contributed by atoms with van der Waals surface area (Å²) >= 11 is 1.49. The van der Waals surface area contributed by atoms with Gasteiger partial charge in [0, 0.05) is 11.4 Å². The molecule has 0 aliphatic heterocycles. The number of aromatic nitrogens is 2. The second-order valence-electron chi connectivity index (χ2n) is 4.40. The first-order chi connectivity index (χ1) is 8.41. The van der Waals surface area contributed by atoms with Gasteiger partial charge in [-0.15, -0.1) is 11.3 Å². The van der Waals surface area contributed by atoms with Gasteiger partial charge in [0.1, 0.15) is 4.83 Å². The summed E-state index contributed by atoms with van der Waals surface area (Å²) < 4.78 is 1.38. The maximum Gasteiger partial charge on any atom is 0.308 e. The number of thiophene rings is 1. The maximum absolute atomic E-state index is 12.3. The lowest BCUT2D eigenvalue weighted by molar-refractivity contribution is -0.141. The molecule has 6 heteroatoms. The topological polar surface area (TPSA) is 72.2 Å². The minimum Gasteiger partial charge on any atom is -0.481 e. The van der Waals surface area contributed by atoms with Gasteiger partial charge in [0.2, 0.25) is 0 Å². The van der Waals surface area contributed by atoms with Crippen LogP contribution in [0.4, 0.5) is 0 Å². The molecule has 96 valence electrons. The van der Waals surface area contributed by atoms with Crippen molar-refractivity contribution in [2.45, 2.75) is 27.3 Å². The summed E-state index contributed by atoms with van der Waals surface area (Å²) in [6.07, 6.45) is 1.43. The van der Waals surface area contributed by atoms with E-state index in [1.54, 1.807) is 6.92 Å². The lowest BCUT2D eigenvalue weighted by Gasteiger charge is -2.08. The summed E-state index contributed by atoms with van der Waals surface area (Å²) in [5, 5.41) is 9.48. The first-order valence-corrected chi connectivity index (χ1v) is 6.41. The Labute approximate surface area is 108 Å². The summed E-state index contributed by atoms with van der Waals surface area (Å²) in [6.45, 7) is 5.56. The lowest BCUT2D eigenvalue weighted by atomic mass is 10.2. The minimum atomic E-state index is -0.916. The number of rotatable bonds is 3. The van der Waals surface area contributed by atoms with Gasteiger partial charge in [-0.25, -0.2) is 4.98 Å². The van der Waals surface area contributed by atoms with E-state index in [1.807, 2.05) is 13.8 Å². The summed E-state index contributed by atoms with van der Waals surface area (Å²) in [4.78, 5) is 29.1. The molecule has 1 atom stereocenters. The molecule has 18 heavy (non-hydrogen) atoms. The molecule has 1 unspecified atom stereocenters. The molecule has 2 heterocycles. The molecule has 0 fully saturated rings. The van der Waals surface area contributed by atoms with Crippen LogP contribution in [0.15, 0.2) is 11.1 Å². The predicted molar refractivity (Wildman–Crippen MR) is 70.2 cm³/mol. The van der Waals surface area contributed by atoms with Crippen LogP contribution in [0.3, 0.4) is 0 Å². The van der Waals surface area contributed by atoms with Crippen LogP contribution in [-0.4, -0.2) is 20.6 Å². The highest BCUT2D eigenvalue weighted by molar-refractivity contribution is 7.18. The molecule has 0 aliphatic rings. The van der Waals surface area contributed by atoms with Crippen LogP contribution in [0.5, 0.6) is 0 Å². The number of carbonyl (C=O) groups is 1. The first kappa shape index (κ1) is 12.8. The Kier molecular flexibility index (Phi) is 3.21. The number of hydrogen-bond donors (Lipinski definition) is 1. The molecule has 2 aromatic rings. The zero-order valence-electron chi connectivity index (χ0n) is 10.4. The van der Waals surface area contributed by atoms with Gasteiger partial charge in [0.15, 0.2) is 0 Å². The molecule has 0 aliphatic carbocycles. The third kappa shape index (κ3) is 2.03. The van der Waals surface area contributed by atoms with Gasteiger partial charge in [-0.05, 0) is 19.4 Å². The average molecular weight is 266 g/mol. The van der Waals surface area contributed by atoms with Crippen LogP contribution >= 0.6 is 11.3 Å². The molecule has 0 radical (unpaired) electrons. The number of nitrogens with zero attached hydrogens (tertiary/aromatic N) is 2. The van der Waals surface area contributed by atoms with E-state index in [4.69, 9.17) is 5.11 Å². The van der Waals surface area contributed by atoms with Crippen LogP contribution in [0.2, 0.25) is 0 Å². The SMILES string of the molecule is Cc1sc2ncn(CC(C)C(=O)O)c(=O)c2c1C. The van der Waals surface area contributed by atoms with Gasteiger partial charge in [0.05, 0.1) is 17.6 Å². The van der Waals surface area contributed by atoms with E-state index in [2.05, 4.69) is 4.98 Å². The normalized spacial score (nSPS) is 12.8. The summed E-state index contributed by atoms with van der Waals surface area (Å²) in [6, 6.07) is 0. The monoisotopic (exact) mass is 266 g/mol. The number of carboxylic acid groups (broad SMARTS) is 1. The zero-order valence-corrected chi connectivity index (χ0v) is 11.2. The van der Waals surface area contributed by atoms with Crippen molar-refractivity contribution in [3.05, 3.63) is 27.1 Å². The summed E-state index contributed by atoms with van der Waals surface area (Å²) in [7, 11) is 0. The van der Waals surface area contributed by atoms with Crippen LogP contribution in [0, 0.1) is 19.8 Å². The van der Waals surface area contributed by atoms with E-state index in [0.717, 1.165) is 10.4 Å². The molecule has 5 nitrogen and oxygen atoms in total. The second kappa shape index (κ2) is 4.53. The van der Waals surface area contributed by atoms with Crippen molar-refractivity contribution in [2.24, 2.45) is 5.92 Å². The molecule has 0 saturated heterocycles. The van der Waals surface area contributed by atoms with Crippen molar-refractivity contribution in [2.75, 3.05) is 0 Å². The van der Waals surface area contributed by atoms with Crippen molar-refractivity contribution in [3.8, 4) is 0 Å². The van der Waals surface area contributed by atoms with Gasteiger partial charge < -0.3 is 5.11 Å². The summed E-state index contributed by atoms with van der Waals surface area (Å²) in [5.74, 6) is -1.53. The highest BCUT2D eigenvalue weighted by atomic mass is 32.1. The average Bonchev–Trinajstić information content (AvgIpc) is 2.59. The molecule has 2 aromatic heterocycles. The molecule has 0 aromatic carbocycles. The highest BCUT2D eigenvalue weighted by Gasteiger charge is 2.16. The van der Waals surface area contributed by atoms with Gasteiger partial charge in [-0.3, -0.25) is 14.2 Å². The van der Waals surface area contributed by atoms with E-state index in [9.17, 15) is 9.59 Å². The van der Waals surface area contributed by atoms with Crippen LogP contribution in [0.25, 0.3) is 10.2 Å². The molecular formula is C12H14N2O3S. The van der Waals surface area contributed by atoms with Crippen molar-refractivity contribution in [1.29, 1.82) is 0 Å². The van der Waals surface area contributed by atoms with Crippen LogP contribution in [0.1, 0.15) is 17.4 Å². The third-order valence-electron chi connectivity index (χ3n) is 3.05. The Hall–Kier alpha value is -1.69. The van der Waals surface area contributed by atoms with Gasteiger partial charge in [-0.2, -0.15) is 0 Å². The second-order valence-corrected chi connectivity index (χ2v) is 5.61. The molecule has 0 amide bonds. The van der Waals surface area contributed by atoms with E-state index < -0.39 is 11.9 Å². The first-order valence-electron chi connectivity index (χ1n) is 5.59. The Balaban J connectivity index is 2.54. The Morgan fingerprint density at radius 3 is 2.83 bits per heavy atom. The van der Waals surface area contributed by atoms with E-state index in [0.29, 0.717) is 10.2 Å². The lowest BCUT2D eigenvalue weighted by Crippen LogP contribution is -2.26. The smallest absolute Gasteiger partial charge is 0.308 e. The zero-order chi connectivity index (χ0) is 13.4. The van der Waals surface area contributed by atoms with E-state index in [1.165, 1.54) is 22.2 Å². The molecule has 2 rings (SSSR count). The predicted octanol–water partition coefficient (Wildman–Crippen LogP) is 1.80. The minimum absolute atomic E-state index is 0.144. The fraction of sp³-hybridized carbons (Fsp3) is 0.417. The van der Waals surface area contributed by atoms with Crippen LogP contribution in [-0.2, 0) is 11.3 Å². The van der Waals surface area contributed by atoms with E-state index >= 15 is 0 Å². The number of carboxylic acids is 1. The number of hydrogen-bond acceptors (Lipinski definition) is 4. The van der Waals surface area contributed by atoms with Crippen molar-refractivity contribution in [3.63, 3.8) is 0 Å². The standard InChI is InChI=1S/C12H14N2O3S/c1-6(12(16)17)4-14-5-13-10-9(11(14)15)7(2)8(3)18-10/h5-6H,4H2,1-3H3,(H,16,17). The Morgan fingerprint density at radius 1 is 1.56 bits per heavy atom. The molecular weight excluding hydrogens is 252 g/mol. The molecule has 0 bridgehead atoms. The van der Waals surface area contributed by atoms with Crippen molar-refractivity contribution < 1.29 is 9.90 Å². The van der Waals surface area contributed by atoms with Gasteiger partial charge in [-0.1, -0.05) is 6.92 Å². The number of aryl methyl sites for hydroxylation is 2. The van der Waals surface area contributed by atoms with E-state index in [-0.39, 0.29) is 12.1 Å². The van der Waals surface area contributed by atoms with Gasteiger partial charge >= 0.3 is 5.97 Å². The van der Waals surface area contributed by atoms with Crippen LogP contribution < -0.4 is 5.56 Å². The fourth-order valence-corrected chi connectivity index (χ4v) is 2.76. The van der Waals surface area contributed by atoms with Gasteiger partial charge in [0.25, 0.3) is 5.56 Å². The Bertz CT molecular complexity index is 672. The van der Waals surface area contributed by atoms with Crippen molar-refractivity contribution in [1.82, 2.24) is 9.55 Å². The fourth-order valence-electron chi connectivity index (χ4n) is 1.77. The third-order valence-corrected chi connectivity index (χ3v) is 4.16. The quantitative estimate of drug-likeness (QED) is 0.919. The highest BCUT2D eigenvalue weighted by Crippen LogP contribution is 2.25. The number of fused-ring (bicyclic) bond motifs is 1. The maximum atomic E-state index is 12.3. The summed E-state index contributed by atoms with van der Waals surface area (Å²) in [5.41, 5.74) is 0.778. The van der Waals surface area contributed by atoms with Crippen molar-refractivity contribution >= 4 is 27.5 Å². The molecule has 0 saturated carbocycles. The Morgan fingerprint density at radius 2 is 2.22 bits per heavy atom.